The van der Waals surface area contributed by atoms with Crippen molar-refractivity contribution in [2.45, 2.75) is 12.6 Å². The summed E-state index contributed by atoms with van der Waals surface area (Å²) in [5, 5.41) is 20.8. The Kier molecular flexibility index (Phi) is 7.49. The van der Waals surface area contributed by atoms with Crippen LogP contribution in [0.1, 0.15) is 6.42 Å². The molecule has 1 saturated heterocycles. The van der Waals surface area contributed by atoms with Gasteiger partial charge in [0.05, 0.1) is 6.61 Å². The summed E-state index contributed by atoms with van der Waals surface area (Å²) >= 11 is 11.3. The van der Waals surface area contributed by atoms with E-state index in [-0.39, 0.29) is 42.9 Å². The van der Waals surface area contributed by atoms with Crippen molar-refractivity contribution in [1.82, 2.24) is 20.3 Å². The number of amides is 2. The molecule has 1 aliphatic heterocycles. The van der Waals surface area contributed by atoms with Gasteiger partial charge in [-0.15, -0.1) is 23.2 Å². The molecule has 2 amide bonds. The minimum atomic E-state index is -3.47. The molecule has 0 aromatic carbocycles. The molecule has 0 spiro atoms. The van der Waals surface area contributed by atoms with Crippen LogP contribution in [0.15, 0.2) is 0 Å². The van der Waals surface area contributed by atoms with E-state index in [0.29, 0.717) is 0 Å². The van der Waals surface area contributed by atoms with Crippen LogP contribution in [0.4, 0.5) is 4.79 Å². The van der Waals surface area contributed by atoms with E-state index in [9.17, 15) is 14.6 Å². The van der Waals surface area contributed by atoms with Gasteiger partial charge in [-0.25, -0.2) is 20.0 Å². The summed E-state index contributed by atoms with van der Waals surface area (Å²) in [6, 6.07) is -1.14. The molecular formula is C8H17Cl2N4O5P. The van der Waals surface area contributed by atoms with Crippen molar-refractivity contribution in [2.24, 2.45) is 0 Å². The van der Waals surface area contributed by atoms with Crippen molar-refractivity contribution >= 4 is 36.9 Å². The largest absolute Gasteiger partial charge is 0.366 e. The number of carbonyl (C=O) groups excluding carboxylic acids is 1. The Morgan fingerprint density at radius 2 is 2.05 bits per heavy atom. The third-order valence-corrected chi connectivity index (χ3v) is 5.27. The molecule has 2 atom stereocenters. The summed E-state index contributed by atoms with van der Waals surface area (Å²) in [6.07, 6.45) is -0.765. The number of nitrogens with zero attached hydrogens (tertiary/aromatic N) is 2. The lowest BCUT2D eigenvalue weighted by Crippen LogP contribution is -2.53. The number of hydroxylamine groups is 3. The smallest absolute Gasteiger partial charge is 0.306 e. The predicted octanol–water partition coefficient (Wildman–Crippen LogP) is 1.00. The van der Waals surface area contributed by atoms with Gasteiger partial charge in [-0.05, 0) is 0 Å². The molecule has 0 aromatic heterocycles. The van der Waals surface area contributed by atoms with E-state index < -0.39 is 19.9 Å². The highest BCUT2D eigenvalue weighted by atomic mass is 35.5. The number of urea groups is 1. The Morgan fingerprint density at radius 1 is 1.45 bits per heavy atom. The highest BCUT2D eigenvalue weighted by Crippen LogP contribution is 2.49. The molecule has 12 heteroatoms. The topological polar surface area (TPSA) is 114 Å². The van der Waals surface area contributed by atoms with Gasteiger partial charge >= 0.3 is 13.7 Å². The van der Waals surface area contributed by atoms with Crippen LogP contribution < -0.4 is 10.6 Å². The van der Waals surface area contributed by atoms with Gasteiger partial charge in [-0.2, -0.15) is 5.06 Å². The van der Waals surface area contributed by atoms with Gasteiger partial charge < -0.3 is 4.52 Å². The summed E-state index contributed by atoms with van der Waals surface area (Å²) in [7, 11) is -3.47. The molecule has 1 heterocycles. The average molecular weight is 351 g/mol. The van der Waals surface area contributed by atoms with Gasteiger partial charge in [0, 0.05) is 31.3 Å². The highest BCUT2D eigenvalue weighted by molar-refractivity contribution is 7.54. The molecular weight excluding hydrogens is 334 g/mol. The van der Waals surface area contributed by atoms with Crippen LogP contribution in [-0.2, 0) is 9.09 Å². The number of hydrogen-bond donors (Lipinski definition) is 4. The number of rotatable bonds is 6. The Balaban J connectivity index is 2.79. The summed E-state index contributed by atoms with van der Waals surface area (Å²) in [4.78, 5) is 11.1. The van der Waals surface area contributed by atoms with Gasteiger partial charge in [-0.1, -0.05) is 0 Å². The predicted molar refractivity (Wildman–Crippen MR) is 72.1 cm³/mol. The molecule has 4 N–H and O–H groups in total. The number of halogens is 2. The second kappa shape index (κ2) is 8.35. The van der Waals surface area contributed by atoms with E-state index in [1.807, 2.05) is 0 Å². The van der Waals surface area contributed by atoms with E-state index in [0.717, 1.165) is 0 Å². The monoisotopic (exact) mass is 350 g/mol. The maximum Gasteiger partial charge on any atom is 0.366 e. The number of alkyl halides is 2. The van der Waals surface area contributed by atoms with Crippen molar-refractivity contribution in [1.29, 1.82) is 0 Å². The molecule has 1 fully saturated rings. The van der Waals surface area contributed by atoms with Crippen LogP contribution >= 0.6 is 30.9 Å². The first-order chi connectivity index (χ1) is 9.48. The third kappa shape index (κ3) is 4.44. The lowest BCUT2D eigenvalue weighted by molar-refractivity contribution is -0.101. The first kappa shape index (κ1) is 17.9. The Bertz CT molecular complexity index is 371. The zero-order chi connectivity index (χ0) is 15.2. The molecule has 118 valence electrons. The van der Waals surface area contributed by atoms with Crippen LogP contribution in [0.2, 0.25) is 0 Å². The standard InChI is InChI=1S/C8H17Cl2N4O5P/c9-2-4-13(5-3-10)20(18)12-7(1-6-19-20)14(17)8(15)11-16/h7,16-17H,1-6H2,(H,11,15)(H,12,18). The Morgan fingerprint density at radius 3 is 2.55 bits per heavy atom. The van der Waals surface area contributed by atoms with Crippen molar-refractivity contribution in [2.75, 3.05) is 31.5 Å². The summed E-state index contributed by atoms with van der Waals surface area (Å²) in [6.45, 7) is 0.595. The van der Waals surface area contributed by atoms with Crippen LogP contribution in [0, 0.1) is 0 Å². The quantitative estimate of drug-likeness (QED) is 0.244. The van der Waals surface area contributed by atoms with E-state index in [1.54, 1.807) is 0 Å². The normalized spacial score (nSPS) is 26.6. The molecule has 0 saturated carbocycles. The average Bonchev–Trinajstić information content (AvgIpc) is 2.45. The fourth-order valence-electron chi connectivity index (χ4n) is 1.68. The number of carbonyl (C=O) groups is 1. The van der Waals surface area contributed by atoms with Crippen molar-refractivity contribution < 1.29 is 24.3 Å². The molecule has 1 aliphatic rings. The van der Waals surface area contributed by atoms with E-state index in [2.05, 4.69) is 5.09 Å². The molecule has 2 unspecified atom stereocenters. The SMILES string of the molecule is O=C(NO)N(O)C1CCOP(=O)(N(CCCl)CCCl)N1. The van der Waals surface area contributed by atoms with Gasteiger partial charge in [0.2, 0.25) is 0 Å². The lowest BCUT2D eigenvalue weighted by atomic mass is 10.3. The van der Waals surface area contributed by atoms with Crippen LogP contribution in [0.25, 0.3) is 0 Å². The Hall–Kier alpha value is -0.120. The first-order valence-electron chi connectivity index (χ1n) is 5.80. The van der Waals surface area contributed by atoms with E-state index >= 15 is 0 Å². The summed E-state index contributed by atoms with van der Waals surface area (Å²) in [5.74, 6) is 0.438. The molecule has 0 aliphatic carbocycles. The fourth-order valence-corrected chi connectivity index (χ4v) is 4.42. The van der Waals surface area contributed by atoms with Crippen LogP contribution in [-0.4, -0.2) is 63.8 Å². The van der Waals surface area contributed by atoms with Crippen LogP contribution in [0.3, 0.4) is 0 Å². The third-order valence-electron chi connectivity index (χ3n) is 2.63. The molecule has 9 nitrogen and oxygen atoms in total. The second-order valence-electron chi connectivity index (χ2n) is 3.88. The van der Waals surface area contributed by atoms with Crippen molar-refractivity contribution in [3.05, 3.63) is 0 Å². The molecule has 1 rings (SSSR count). The zero-order valence-corrected chi connectivity index (χ0v) is 12.9. The minimum Gasteiger partial charge on any atom is -0.306 e. The summed E-state index contributed by atoms with van der Waals surface area (Å²) in [5.41, 5.74) is 1.28. The molecule has 0 radical (unpaired) electrons. The molecule has 20 heavy (non-hydrogen) atoms. The van der Waals surface area contributed by atoms with E-state index in [4.69, 9.17) is 32.9 Å². The van der Waals surface area contributed by atoms with Crippen molar-refractivity contribution in [3.63, 3.8) is 0 Å². The van der Waals surface area contributed by atoms with Gasteiger partial charge in [0.1, 0.15) is 6.17 Å². The zero-order valence-electron chi connectivity index (χ0n) is 10.5. The summed E-state index contributed by atoms with van der Waals surface area (Å²) < 4.78 is 19.4. The Labute approximate surface area is 126 Å². The number of hydrogen-bond acceptors (Lipinski definition) is 5. The number of nitrogens with one attached hydrogen (secondary N) is 2. The highest BCUT2D eigenvalue weighted by Gasteiger charge is 2.40. The maximum absolute atomic E-state index is 12.7. The fraction of sp³-hybridized carbons (Fsp3) is 0.875. The molecule has 0 aromatic rings. The van der Waals surface area contributed by atoms with Crippen molar-refractivity contribution in [3.8, 4) is 0 Å². The van der Waals surface area contributed by atoms with Gasteiger partial charge in [0.15, 0.2) is 0 Å². The van der Waals surface area contributed by atoms with E-state index in [1.165, 1.54) is 10.2 Å². The minimum absolute atomic E-state index is 0.0613. The first-order valence-corrected chi connectivity index (χ1v) is 8.45. The lowest BCUT2D eigenvalue weighted by Gasteiger charge is -2.38. The van der Waals surface area contributed by atoms with Crippen LogP contribution in [0.5, 0.6) is 0 Å². The van der Waals surface area contributed by atoms with Gasteiger partial charge in [0.25, 0.3) is 0 Å². The molecule has 0 bridgehead atoms. The second-order valence-corrected chi connectivity index (χ2v) is 6.76. The van der Waals surface area contributed by atoms with Gasteiger partial charge in [-0.3, -0.25) is 15.0 Å². The maximum atomic E-state index is 12.7.